The second-order valence-corrected chi connectivity index (χ2v) is 17.9. The van der Waals surface area contributed by atoms with Crippen molar-refractivity contribution in [3.63, 3.8) is 0 Å². The van der Waals surface area contributed by atoms with Crippen molar-refractivity contribution >= 4 is 64.1 Å². The van der Waals surface area contributed by atoms with Crippen molar-refractivity contribution < 1.29 is 38.4 Å². The number of aromatic amines is 2. The molecule has 2 saturated heterocycles. The van der Waals surface area contributed by atoms with Crippen LogP contribution in [0.15, 0.2) is 78.3 Å². The van der Waals surface area contributed by atoms with E-state index in [1.165, 1.54) is 17.4 Å². The predicted molar refractivity (Wildman–Crippen MR) is 259 cm³/mol. The van der Waals surface area contributed by atoms with E-state index in [2.05, 4.69) is 51.8 Å². The van der Waals surface area contributed by atoms with Crippen LogP contribution in [-0.2, 0) is 57.6 Å². The van der Waals surface area contributed by atoms with Crippen LogP contribution in [0.2, 0.25) is 0 Å². The van der Waals surface area contributed by atoms with Gasteiger partial charge in [0.05, 0.1) is 6.33 Å². The molecule has 374 valence electrons. The molecule has 8 unspecified atom stereocenters. The number of nitrogens with two attached hydrogens (primary N) is 3. The third kappa shape index (κ3) is 13.9. The van der Waals surface area contributed by atoms with Gasteiger partial charge in [0.25, 0.3) is 0 Å². The SMILES string of the molecule is CCC(C)C(NC(=O)C1CCC(=O)N1)C(=O)N1CCCC1C(=O)NC(Cc1c[nH]c2ccccc12)C(=O)NC(Cc1ccccc1)C(=O)NC(Cc1cnc[nH]1)C(=O)NC(CCCN=C(N)N)C(N)=O. The van der Waals surface area contributed by atoms with Gasteiger partial charge < -0.3 is 64.0 Å². The summed E-state index contributed by atoms with van der Waals surface area (Å²) in [5.74, 6) is -5.26. The molecule has 8 atom stereocenters. The number of carbonyl (C=O) groups is 8. The number of amides is 8. The lowest BCUT2D eigenvalue weighted by Crippen LogP contribution is -2.61. The molecule has 2 aliphatic heterocycles. The predicted octanol–water partition coefficient (Wildman–Crippen LogP) is -0.802. The van der Waals surface area contributed by atoms with Crippen LogP contribution in [0.5, 0.6) is 0 Å². The lowest BCUT2D eigenvalue weighted by molar-refractivity contribution is -0.143. The Balaban J connectivity index is 1.25. The number of nitrogens with one attached hydrogen (secondary N) is 8. The topological polar surface area (TPSA) is 347 Å². The first-order valence-electron chi connectivity index (χ1n) is 23.6. The van der Waals surface area contributed by atoms with E-state index in [1.54, 1.807) is 36.5 Å². The number of benzene rings is 2. The molecule has 14 N–H and O–H groups in total. The summed E-state index contributed by atoms with van der Waals surface area (Å²) in [5, 5.41) is 17.5. The molecule has 0 aliphatic carbocycles. The highest BCUT2D eigenvalue weighted by Crippen LogP contribution is 2.24. The molecule has 70 heavy (non-hydrogen) atoms. The number of nitrogens with zero attached hydrogens (tertiary/aromatic N) is 3. The summed E-state index contributed by atoms with van der Waals surface area (Å²) in [6, 6.07) is 8.56. The highest BCUT2D eigenvalue weighted by Gasteiger charge is 2.42. The Hall–Kier alpha value is -7.78. The van der Waals surface area contributed by atoms with Gasteiger partial charge in [0, 0.05) is 67.8 Å². The molecule has 2 aliphatic rings. The van der Waals surface area contributed by atoms with Gasteiger partial charge in [-0.2, -0.15) is 0 Å². The molecule has 0 saturated carbocycles. The van der Waals surface area contributed by atoms with Crippen molar-refractivity contribution in [2.24, 2.45) is 28.1 Å². The van der Waals surface area contributed by atoms with Gasteiger partial charge in [-0.25, -0.2) is 4.98 Å². The molecular formula is C48H64N14O8. The first-order valence-corrected chi connectivity index (χ1v) is 23.6. The van der Waals surface area contributed by atoms with Crippen LogP contribution in [-0.4, -0.2) is 128 Å². The summed E-state index contributed by atoms with van der Waals surface area (Å²) in [5.41, 5.74) is 19.1. The Bertz CT molecular complexity index is 2510. The van der Waals surface area contributed by atoms with Crippen LogP contribution in [0.4, 0.5) is 0 Å². The number of fused-ring (bicyclic) bond motifs is 1. The Morgan fingerprint density at radius 2 is 1.47 bits per heavy atom. The zero-order valence-corrected chi connectivity index (χ0v) is 39.4. The molecule has 2 fully saturated rings. The number of hydrogen-bond acceptors (Lipinski definition) is 10. The van der Waals surface area contributed by atoms with E-state index in [0.29, 0.717) is 42.5 Å². The van der Waals surface area contributed by atoms with Gasteiger partial charge in [0.2, 0.25) is 47.3 Å². The summed E-state index contributed by atoms with van der Waals surface area (Å²) in [4.78, 5) is 125. The summed E-state index contributed by atoms with van der Waals surface area (Å²) in [6.07, 6.45) is 6.69. The standard InChI is InChI=1S/C48H64N14O8/c1-3-27(2)40(61-42(65)34-17-18-39(63)56-34)47(70)62-20-10-16-38(62)46(69)60-36(22-29-24-54-32-14-8-7-13-31(29)32)44(67)58-35(21-28-11-5-4-6-12-28)43(66)59-37(23-30-25-52-26-55-30)45(68)57-33(41(49)64)15-9-19-53-48(50)51/h4-8,11-14,24-27,33-38,40,54H,3,9-10,15-23H2,1-2H3,(H2,49,64)(H,52,55)(H,56,63)(H,57,68)(H,58,67)(H,59,66)(H,60,69)(H,61,65)(H4,50,51,53). The highest BCUT2D eigenvalue weighted by molar-refractivity contribution is 5.99. The normalized spacial score (nSPS) is 18.0. The van der Waals surface area contributed by atoms with Gasteiger partial charge in [-0.05, 0) is 55.2 Å². The van der Waals surface area contributed by atoms with Crippen LogP contribution in [0.25, 0.3) is 10.9 Å². The maximum atomic E-state index is 14.8. The molecule has 22 nitrogen and oxygen atoms in total. The minimum atomic E-state index is -1.31. The molecule has 2 aromatic heterocycles. The molecule has 0 radical (unpaired) electrons. The number of primary amides is 1. The maximum absolute atomic E-state index is 14.8. The number of likely N-dealkylation sites (tertiary alicyclic amines) is 1. The lowest BCUT2D eigenvalue weighted by atomic mass is 9.96. The van der Waals surface area contributed by atoms with Crippen LogP contribution in [0.1, 0.15) is 75.6 Å². The minimum absolute atomic E-state index is 0.0247. The summed E-state index contributed by atoms with van der Waals surface area (Å²) < 4.78 is 0. The Labute approximate surface area is 404 Å². The molecule has 2 aromatic carbocycles. The molecule has 6 rings (SSSR count). The van der Waals surface area contributed by atoms with E-state index >= 15 is 0 Å². The monoisotopic (exact) mass is 965 g/mol. The number of aromatic nitrogens is 3. The quantitative estimate of drug-likeness (QED) is 0.0235. The van der Waals surface area contributed by atoms with Gasteiger partial charge in [0.1, 0.15) is 42.3 Å². The Kier molecular flexibility index (Phi) is 18.1. The fourth-order valence-electron chi connectivity index (χ4n) is 8.72. The largest absolute Gasteiger partial charge is 0.370 e. The molecule has 22 heteroatoms. The highest BCUT2D eigenvalue weighted by atomic mass is 16.2. The number of aliphatic imine (C=N–C) groups is 1. The van der Waals surface area contributed by atoms with Gasteiger partial charge in [-0.3, -0.25) is 43.3 Å². The fraction of sp³-hybridized carbons (Fsp3) is 0.458. The molecule has 0 bridgehead atoms. The number of rotatable bonds is 24. The van der Waals surface area contributed by atoms with Crippen LogP contribution < -0.4 is 49.1 Å². The van der Waals surface area contributed by atoms with E-state index in [0.717, 1.165) is 10.9 Å². The average molecular weight is 965 g/mol. The number of H-pyrrole nitrogens is 2. The second kappa shape index (κ2) is 24.5. The van der Waals surface area contributed by atoms with E-state index in [4.69, 9.17) is 17.2 Å². The molecule has 4 heterocycles. The molecular weight excluding hydrogens is 901 g/mol. The number of guanidine groups is 1. The van der Waals surface area contributed by atoms with E-state index in [9.17, 15) is 38.4 Å². The summed E-state index contributed by atoms with van der Waals surface area (Å²) in [6.45, 7) is 4.12. The van der Waals surface area contributed by atoms with E-state index in [-0.39, 0.29) is 69.4 Å². The molecule has 4 aromatic rings. The Morgan fingerprint density at radius 1 is 0.800 bits per heavy atom. The zero-order valence-electron chi connectivity index (χ0n) is 39.4. The van der Waals surface area contributed by atoms with Crippen LogP contribution >= 0.6 is 0 Å². The van der Waals surface area contributed by atoms with Crippen molar-refractivity contribution in [1.82, 2.24) is 51.8 Å². The number of para-hydroxylation sites is 1. The number of carbonyl (C=O) groups excluding carboxylic acids is 8. The smallest absolute Gasteiger partial charge is 0.246 e. The average Bonchev–Trinajstić information content (AvgIpc) is 4.20. The fourth-order valence-corrected chi connectivity index (χ4v) is 8.72. The summed E-state index contributed by atoms with van der Waals surface area (Å²) >= 11 is 0. The first-order chi connectivity index (χ1) is 33.6. The van der Waals surface area contributed by atoms with Crippen molar-refractivity contribution in [1.29, 1.82) is 0 Å². The third-order valence-electron chi connectivity index (χ3n) is 12.8. The van der Waals surface area contributed by atoms with Crippen molar-refractivity contribution in [2.75, 3.05) is 13.1 Å². The second-order valence-electron chi connectivity index (χ2n) is 17.9. The van der Waals surface area contributed by atoms with Gasteiger partial charge >= 0.3 is 0 Å². The first kappa shape index (κ1) is 51.6. The molecule has 8 amide bonds. The Morgan fingerprint density at radius 3 is 2.11 bits per heavy atom. The van der Waals surface area contributed by atoms with Crippen molar-refractivity contribution in [2.45, 2.75) is 120 Å². The van der Waals surface area contributed by atoms with Gasteiger partial charge in [0.15, 0.2) is 5.96 Å². The van der Waals surface area contributed by atoms with Gasteiger partial charge in [-0.15, -0.1) is 0 Å². The summed E-state index contributed by atoms with van der Waals surface area (Å²) in [7, 11) is 0. The van der Waals surface area contributed by atoms with E-state index in [1.807, 2.05) is 38.1 Å². The van der Waals surface area contributed by atoms with Crippen LogP contribution in [0.3, 0.4) is 0 Å². The van der Waals surface area contributed by atoms with E-state index < -0.39 is 83.6 Å². The number of imidazole rings is 1. The van der Waals surface area contributed by atoms with Crippen LogP contribution in [0, 0.1) is 5.92 Å². The lowest BCUT2D eigenvalue weighted by Gasteiger charge is -2.32. The minimum Gasteiger partial charge on any atom is -0.370 e. The van der Waals surface area contributed by atoms with Crippen molar-refractivity contribution in [3.8, 4) is 0 Å². The van der Waals surface area contributed by atoms with Gasteiger partial charge in [-0.1, -0.05) is 68.8 Å². The molecule has 0 spiro atoms. The number of hydrogen-bond donors (Lipinski definition) is 11. The maximum Gasteiger partial charge on any atom is 0.246 e. The zero-order chi connectivity index (χ0) is 50.3. The van der Waals surface area contributed by atoms with Crippen molar-refractivity contribution in [3.05, 3.63) is 90.1 Å². The third-order valence-corrected chi connectivity index (χ3v) is 12.8.